The molecule has 3 nitrogen and oxygen atoms in total. The molecule has 1 fully saturated rings. The Balaban J connectivity index is 2.18. The molecule has 0 atom stereocenters. The molecule has 0 aromatic rings. The van der Waals surface area contributed by atoms with Crippen LogP contribution in [0.5, 0.6) is 0 Å². The largest absolute Gasteiger partial charge is 0.468 e. The number of hydrogen-bond donors (Lipinski definition) is 0. The van der Waals surface area contributed by atoms with E-state index < -0.39 is 0 Å². The van der Waals surface area contributed by atoms with Crippen molar-refractivity contribution in [1.82, 2.24) is 4.90 Å². The molecule has 0 N–H and O–H groups in total. The highest BCUT2D eigenvalue weighted by molar-refractivity contribution is 5.36. The second-order valence-electron chi connectivity index (χ2n) is 4.00. The van der Waals surface area contributed by atoms with Gasteiger partial charge in [-0.25, -0.2) is 0 Å². The van der Waals surface area contributed by atoms with Crippen LogP contribution in [-0.4, -0.2) is 37.1 Å². The van der Waals surface area contributed by atoms with Crippen molar-refractivity contribution in [3.05, 3.63) is 0 Å². The van der Waals surface area contributed by atoms with E-state index in [0.29, 0.717) is 25.0 Å². The molecule has 0 amide bonds. The summed E-state index contributed by atoms with van der Waals surface area (Å²) in [5.74, 6) is 0.584. The molecule has 0 aromatic carbocycles. The van der Waals surface area contributed by atoms with Gasteiger partial charge in [-0.15, -0.1) is 0 Å². The highest BCUT2D eigenvalue weighted by atomic mass is 16.5. The minimum absolute atomic E-state index is 0.550. The maximum atomic E-state index is 9.99. The third-order valence-electron chi connectivity index (χ3n) is 2.78. The predicted octanol–water partition coefficient (Wildman–Crippen LogP) is 1.28. The van der Waals surface area contributed by atoms with Gasteiger partial charge < -0.3 is 9.64 Å². The minimum Gasteiger partial charge on any atom is -0.468 e. The standard InChI is InChI=1S/C10H19NO2/c1-9(2)11-5-3-10(4-6-11)7-13-8-12/h8-10H,3-7H2,1-2H3. The lowest BCUT2D eigenvalue weighted by molar-refractivity contribution is -0.130. The first-order valence-electron chi connectivity index (χ1n) is 5.03. The van der Waals surface area contributed by atoms with Gasteiger partial charge in [0.15, 0.2) is 0 Å². The summed E-state index contributed by atoms with van der Waals surface area (Å²) < 4.78 is 4.77. The summed E-state index contributed by atoms with van der Waals surface area (Å²) in [7, 11) is 0. The highest BCUT2D eigenvalue weighted by Crippen LogP contribution is 2.18. The van der Waals surface area contributed by atoms with E-state index in [9.17, 15) is 4.79 Å². The van der Waals surface area contributed by atoms with Crippen molar-refractivity contribution in [3.63, 3.8) is 0 Å². The van der Waals surface area contributed by atoms with Crippen LogP contribution in [-0.2, 0) is 9.53 Å². The van der Waals surface area contributed by atoms with Crippen molar-refractivity contribution in [2.24, 2.45) is 5.92 Å². The maximum Gasteiger partial charge on any atom is 0.293 e. The second-order valence-corrected chi connectivity index (χ2v) is 4.00. The molecular weight excluding hydrogens is 166 g/mol. The molecule has 1 aliphatic heterocycles. The van der Waals surface area contributed by atoms with Gasteiger partial charge in [0.2, 0.25) is 0 Å². The fraction of sp³-hybridized carbons (Fsp3) is 0.900. The number of carbonyl (C=O) groups is 1. The molecule has 1 heterocycles. The summed E-state index contributed by atoms with van der Waals surface area (Å²) in [6.07, 6.45) is 2.32. The molecule has 0 aliphatic carbocycles. The monoisotopic (exact) mass is 185 g/mol. The molecule has 0 spiro atoms. The van der Waals surface area contributed by atoms with E-state index >= 15 is 0 Å². The van der Waals surface area contributed by atoms with Gasteiger partial charge in [-0.2, -0.15) is 0 Å². The first-order chi connectivity index (χ1) is 6.24. The number of carbonyl (C=O) groups excluding carboxylic acids is 1. The Labute approximate surface area is 80.1 Å². The molecule has 3 heteroatoms. The van der Waals surface area contributed by atoms with E-state index in [-0.39, 0.29) is 0 Å². The summed E-state index contributed by atoms with van der Waals surface area (Å²) in [5, 5.41) is 0. The van der Waals surface area contributed by atoms with Gasteiger partial charge in [0, 0.05) is 6.04 Å². The molecule has 0 radical (unpaired) electrons. The molecule has 1 saturated heterocycles. The van der Waals surface area contributed by atoms with E-state index in [2.05, 4.69) is 18.7 Å². The van der Waals surface area contributed by atoms with E-state index in [1.807, 2.05) is 0 Å². The molecule has 1 rings (SSSR count). The van der Waals surface area contributed by atoms with Crippen LogP contribution in [0.3, 0.4) is 0 Å². The number of piperidine rings is 1. The Bertz CT molecular complexity index is 151. The number of hydrogen-bond acceptors (Lipinski definition) is 3. The SMILES string of the molecule is CC(C)N1CCC(COC=O)CC1. The van der Waals surface area contributed by atoms with Gasteiger partial charge in [0.1, 0.15) is 0 Å². The van der Waals surface area contributed by atoms with E-state index in [4.69, 9.17) is 4.74 Å². The van der Waals surface area contributed by atoms with Crippen LogP contribution in [0.25, 0.3) is 0 Å². The van der Waals surface area contributed by atoms with Crippen molar-refractivity contribution < 1.29 is 9.53 Å². The van der Waals surface area contributed by atoms with Gasteiger partial charge in [0.25, 0.3) is 6.47 Å². The number of likely N-dealkylation sites (tertiary alicyclic amines) is 1. The topological polar surface area (TPSA) is 29.5 Å². The zero-order valence-electron chi connectivity index (χ0n) is 8.53. The van der Waals surface area contributed by atoms with Crippen LogP contribution in [0.1, 0.15) is 26.7 Å². The Hall–Kier alpha value is -0.570. The van der Waals surface area contributed by atoms with Crippen LogP contribution < -0.4 is 0 Å². The number of nitrogens with zero attached hydrogens (tertiary/aromatic N) is 1. The lowest BCUT2D eigenvalue weighted by Gasteiger charge is -2.34. The average Bonchev–Trinajstić information content (AvgIpc) is 2.15. The van der Waals surface area contributed by atoms with Gasteiger partial charge >= 0.3 is 0 Å². The number of ether oxygens (including phenoxy) is 1. The summed E-state index contributed by atoms with van der Waals surface area (Å²) in [6.45, 7) is 7.89. The predicted molar refractivity (Wildman–Crippen MR) is 51.4 cm³/mol. The first-order valence-corrected chi connectivity index (χ1v) is 5.03. The van der Waals surface area contributed by atoms with Crippen molar-refractivity contribution in [2.45, 2.75) is 32.7 Å². The van der Waals surface area contributed by atoms with Crippen molar-refractivity contribution in [2.75, 3.05) is 19.7 Å². The third kappa shape index (κ3) is 3.35. The van der Waals surface area contributed by atoms with Crippen molar-refractivity contribution in [1.29, 1.82) is 0 Å². The Morgan fingerprint density at radius 2 is 2.08 bits per heavy atom. The molecule has 1 aliphatic rings. The highest BCUT2D eigenvalue weighted by Gasteiger charge is 2.20. The average molecular weight is 185 g/mol. The summed E-state index contributed by atoms with van der Waals surface area (Å²) >= 11 is 0. The van der Waals surface area contributed by atoms with Crippen LogP contribution in [0, 0.1) is 5.92 Å². The molecule has 76 valence electrons. The molecule has 0 saturated carbocycles. The number of rotatable bonds is 4. The lowest BCUT2D eigenvalue weighted by atomic mass is 9.97. The normalized spacial score (nSPS) is 20.5. The van der Waals surface area contributed by atoms with Crippen molar-refractivity contribution in [3.8, 4) is 0 Å². The maximum absolute atomic E-state index is 9.99. The van der Waals surface area contributed by atoms with Crippen molar-refractivity contribution >= 4 is 6.47 Å². The second kappa shape index (κ2) is 5.22. The van der Waals surface area contributed by atoms with Gasteiger partial charge in [-0.05, 0) is 45.7 Å². The van der Waals surface area contributed by atoms with Crippen LogP contribution in [0.15, 0.2) is 0 Å². The Kier molecular flexibility index (Phi) is 4.22. The molecule has 0 unspecified atom stereocenters. The fourth-order valence-electron chi connectivity index (χ4n) is 1.81. The Morgan fingerprint density at radius 1 is 1.46 bits per heavy atom. The molecule has 0 bridgehead atoms. The zero-order chi connectivity index (χ0) is 9.68. The van der Waals surface area contributed by atoms with E-state index in [1.54, 1.807) is 0 Å². The van der Waals surface area contributed by atoms with E-state index in [1.165, 1.54) is 0 Å². The molecule has 13 heavy (non-hydrogen) atoms. The first kappa shape index (κ1) is 10.5. The van der Waals surface area contributed by atoms with Gasteiger partial charge in [-0.3, -0.25) is 4.79 Å². The summed E-state index contributed by atoms with van der Waals surface area (Å²) in [5.41, 5.74) is 0. The molecular formula is C10H19NO2. The lowest BCUT2D eigenvalue weighted by Crippen LogP contribution is -2.39. The Morgan fingerprint density at radius 3 is 2.54 bits per heavy atom. The third-order valence-corrected chi connectivity index (χ3v) is 2.78. The van der Waals surface area contributed by atoms with E-state index in [0.717, 1.165) is 25.9 Å². The summed E-state index contributed by atoms with van der Waals surface area (Å²) in [6, 6.07) is 0.646. The van der Waals surface area contributed by atoms with Crippen LogP contribution in [0.4, 0.5) is 0 Å². The van der Waals surface area contributed by atoms with Crippen LogP contribution in [0.2, 0.25) is 0 Å². The van der Waals surface area contributed by atoms with Crippen LogP contribution >= 0.6 is 0 Å². The summed E-state index contributed by atoms with van der Waals surface area (Å²) in [4.78, 5) is 12.5. The zero-order valence-corrected chi connectivity index (χ0v) is 8.53. The fourth-order valence-corrected chi connectivity index (χ4v) is 1.81. The smallest absolute Gasteiger partial charge is 0.293 e. The van der Waals surface area contributed by atoms with Gasteiger partial charge in [0.05, 0.1) is 6.61 Å². The quantitative estimate of drug-likeness (QED) is 0.618. The molecule has 0 aromatic heterocycles. The van der Waals surface area contributed by atoms with Gasteiger partial charge in [-0.1, -0.05) is 0 Å². The minimum atomic E-state index is 0.550.